The van der Waals surface area contributed by atoms with E-state index >= 15 is 0 Å². The lowest BCUT2D eigenvalue weighted by atomic mass is 9.67. The topological polar surface area (TPSA) is 57.6 Å². The lowest BCUT2D eigenvalue weighted by Crippen LogP contribution is -2.47. The van der Waals surface area contributed by atoms with Gasteiger partial charge in [0.25, 0.3) is 5.91 Å². The molecule has 1 saturated carbocycles. The zero-order valence-corrected chi connectivity index (χ0v) is 10.5. The van der Waals surface area contributed by atoms with E-state index in [4.69, 9.17) is 0 Å². The molecule has 0 unspecified atom stereocenters. The normalized spacial score (nSPS) is 34.8. The van der Waals surface area contributed by atoms with Gasteiger partial charge in [-0.3, -0.25) is 14.8 Å². The number of amides is 1. The number of allylic oxidation sites excluding steroid dienone is 1. The number of rotatable bonds is 0. The van der Waals surface area contributed by atoms with Crippen molar-refractivity contribution in [1.82, 2.24) is 5.06 Å². The lowest BCUT2D eigenvalue weighted by molar-refractivity contribution is -0.180. The molecule has 2 spiro atoms. The molecule has 3 rings (SSSR count). The van der Waals surface area contributed by atoms with Crippen molar-refractivity contribution in [3.8, 4) is 0 Å². The zero-order valence-electron chi connectivity index (χ0n) is 10.5. The van der Waals surface area contributed by atoms with Crippen molar-refractivity contribution in [2.75, 3.05) is 0 Å². The van der Waals surface area contributed by atoms with E-state index in [1.165, 1.54) is 0 Å². The molecule has 0 bridgehead atoms. The molecule has 0 aromatic rings. The molecule has 0 aromatic heterocycles. The van der Waals surface area contributed by atoms with Crippen LogP contribution in [0.2, 0.25) is 0 Å². The third-order valence-electron chi connectivity index (χ3n) is 4.84. The number of hydroxylamine groups is 2. The maximum Gasteiger partial charge on any atom is 0.260 e. The van der Waals surface area contributed by atoms with Gasteiger partial charge in [0.15, 0.2) is 5.78 Å². The van der Waals surface area contributed by atoms with Crippen LogP contribution in [0.3, 0.4) is 0 Å². The number of nitrogens with zero attached hydrogens (tertiary/aromatic N) is 1. The zero-order chi connectivity index (χ0) is 12.8. The minimum absolute atomic E-state index is 0.0573. The highest BCUT2D eigenvalue weighted by Gasteiger charge is 2.65. The number of carbonyl (C=O) groups is 2. The Balaban J connectivity index is 2.05. The molecule has 18 heavy (non-hydrogen) atoms. The Kier molecular flexibility index (Phi) is 2.59. The van der Waals surface area contributed by atoms with Crippen molar-refractivity contribution in [2.45, 2.75) is 56.9 Å². The molecule has 1 atom stereocenters. The summed E-state index contributed by atoms with van der Waals surface area (Å²) in [5.41, 5.74) is -1.97. The summed E-state index contributed by atoms with van der Waals surface area (Å²) >= 11 is 0. The van der Waals surface area contributed by atoms with Crippen LogP contribution in [0.15, 0.2) is 12.2 Å². The molecule has 2 aliphatic carbocycles. The van der Waals surface area contributed by atoms with Gasteiger partial charge in [-0.2, -0.15) is 0 Å². The number of ketones is 1. The van der Waals surface area contributed by atoms with Crippen LogP contribution in [0.25, 0.3) is 0 Å². The predicted octanol–water partition coefficient (Wildman–Crippen LogP) is 2.22. The second kappa shape index (κ2) is 3.92. The summed E-state index contributed by atoms with van der Waals surface area (Å²) in [5.74, 6) is -0.420. The van der Waals surface area contributed by atoms with Crippen molar-refractivity contribution < 1.29 is 14.8 Å². The predicted molar refractivity (Wildman–Crippen MR) is 64.9 cm³/mol. The van der Waals surface area contributed by atoms with E-state index in [2.05, 4.69) is 0 Å². The molecular weight excluding hydrogens is 230 g/mol. The fourth-order valence-corrected chi connectivity index (χ4v) is 3.80. The molecule has 98 valence electrons. The standard InChI is InChI=1S/C14H19NO3/c16-11-13(7-3-1-4-8-13)12(17)15(18)14(11)9-5-2-6-10-14/h5,9,18H,1-4,6-8,10H2/t14-/m0/s1. The number of hydrogen-bond acceptors (Lipinski definition) is 3. The van der Waals surface area contributed by atoms with E-state index in [0.717, 1.165) is 37.2 Å². The number of carbonyl (C=O) groups excluding carboxylic acids is 2. The summed E-state index contributed by atoms with van der Waals surface area (Å²) < 4.78 is 0. The van der Waals surface area contributed by atoms with Gasteiger partial charge in [0.05, 0.1) is 0 Å². The Bertz CT molecular complexity index is 423. The highest BCUT2D eigenvalue weighted by molar-refractivity contribution is 6.17. The van der Waals surface area contributed by atoms with E-state index in [9.17, 15) is 14.8 Å². The molecule has 1 heterocycles. The molecule has 0 radical (unpaired) electrons. The van der Waals surface area contributed by atoms with E-state index < -0.39 is 11.0 Å². The van der Waals surface area contributed by atoms with Gasteiger partial charge in [0, 0.05) is 0 Å². The van der Waals surface area contributed by atoms with E-state index in [1.54, 1.807) is 6.08 Å². The highest BCUT2D eigenvalue weighted by Crippen LogP contribution is 2.50. The van der Waals surface area contributed by atoms with E-state index in [-0.39, 0.29) is 11.7 Å². The second-order valence-corrected chi connectivity index (χ2v) is 5.81. The molecule has 3 aliphatic rings. The largest absolute Gasteiger partial charge is 0.295 e. The van der Waals surface area contributed by atoms with E-state index in [0.29, 0.717) is 19.3 Å². The molecule has 1 N–H and O–H groups in total. The molecule has 1 aliphatic heterocycles. The Hall–Kier alpha value is -1.16. The Morgan fingerprint density at radius 3 is 2.39 bits per heavy atom. The quantitative estimate of drug-likeness (QED) is 0.407. The molecule has 4 heteroatoms. The van der Waals surface area contributed by atoms with Crippen LogP contribution in [-0.4, -0.2) is 27.5 Å². The summed E-state index contributed by atoms with van der Waals surface area (Å²) in [5, 5.41) is 10.9. The Morgan fingerprint density at radius 1 is 1.06 bits per heavy atom. The van der Waals surface area contributed by atoms with Crippen molar-refractivity contribution >= 4 is 11.7 Å². The smallest absolute Gasteiger partial charge is 0.260 e. The molecule has 0 aromatic carbocycles. The van der Waals surface area contributed by atoms with Crippen molar-refractivity contribution in [3.63, 3.8) is 0 Å². The van der Waals surface area contributed by atoms with Crippen LogP contribution in [0.1, 0.15) is 51.4 Å². The van der Waals surface area contributed by atoms with Gasteiger partial charge in [0.2, 0.25) is 0 Å². The maximum absolute atomic E-state index is 12.8. The molecule has 2 fully saturated rings. The molecular formula is C14H19NO3. The maximum atomic E-state index is 12.8. The van der Waals surface area contributed by atoms with Gasteiger partial charge in [-0.05, 0) is 32.1 Å². The first kappa shape index (κ1) is 11.9. The second-order valence-electron chi connectivity index (χ2n) is 5.81. The lowest BCUT2D eigenvalue weighted by Gasteiger charge is -2.32. The van der Waals surface area contributed by atoms with Gasteiger partial charge < -0.3 is 0 Å². The minimum Gasteiger partial charge on any atom is -0.295 e. The Morgan fingerprint density at radius 2 is 1.78 bits per heavy atom. The first-order valence-electron chi connectivity index (χ1n) is 6.90. The SMILES string of the molecule is O=C1N(O)[C@]2(C=CCCC2)C(=O)C12CCCCC2. The average molecular weight is 249 g/mol. The van der Waals surface area contributed by atoms with Crippen molar-refractivity contribution in [1.29, 1.82) is 0 Å². The average Bonchev–Trinajstić information content (AvgIpc) is 2.57. The van der Waals surface area contributed by atoms with E-state index in [1.807, 2.05) is 6.08 Å². The van der Waals surface area contributed by atoms with Crippen LogP contribution < -0.4 is 0 Å². The van der Waals surface area contributed by atoms with Crippen LogP contribution >= 0.6 is 0 Å². The van der Waals surface area contributed by atoms with Crippen LogP contribution in [0.5, 0.6) is 0 Å². The fraction of sp³-hybridized carbons (Fsp3) is 0.714. The van der Waals surface area contributed by atoms with Gasteiger partial charge in [0.1, 0.15) is 11.0 Å². The highest BCUT2D eigenvalue weighted by atomic mass is 16.5. The third-order valence-corrected chi connectivity index (χ3v) is 4.84. The van der Waals surface area contributed by atoms with Crippen LogP contribution in [-0.2, 0) is 9.59 Å². The fourth-order valence-electron chi connectivity index (χ4n) is 3.80. The third kappa shape index (κ3) is 1.30. The summed E-state index contributed by atoms with van der Waals surface area (Å²) in [7, 11) is 0. The first-order chi connectivity index (χ1) is 8.63. The van der Waals surface area contributed by atoms with Gasteiger partial charge in [-0.1, -0.05) is 31.4 Å². The minimum atomic E-state index is -1.05. The monoisotopic (exact) mass is 249 g/mol. The number of Topliss-reactive ketones (excluding diaryl/α,β-unsaturated/α-hetero) is 1. The molecule has 4 nitrogen and oxygen atoms in total. The van der Waals surface area contributed by atoms with Gasteiger partial charge in [-0.15, -0.1) is 0 Å². The first-order valence-corrected chi connectivity index (χ1v) is 6.90. The number of hydrogen-bond donors (Lipinski definition) is 1. The van der Waals surface area contributed by atoms with Crippen LogP contribution in [0.4, 0.5) is 0 Å². The van der Waals surface area contributed by atoms with Crippen molar-refractivity contribution in [3.05, 3.63) is 12.2 Å². The molecule has 1 amide bonds. The summed E-state index contributed by atoms with van der Waals surface area (Å²) in [6.07, 6.45) is 10.1. The Labute approximate surface area is 107 Å². The van der Waals surface area contributed by atoms with Crippen molar-refractivity contribution in [2.24, 2.45) is 5.41 Å². The van der Waals surface area contributed by atoms with Crippen LogP contribution in [0, 0.1) is 5.41 Å². The van der Waals surface area contributed by atoms with Gasteiger partial charge in [-0.25, -0.2) is 5.06 Å². The summed E-state index contributed by atoms with van der Waals surface area (Å²) in [6, 6.07) is 0. The summed E-state index contributed by atoms with van der Waals surface area (Å²) in [6.45, 7) is 0. The summed E-state index contributed by atoms with van der Waals surface area (Å²) in [4.78, 5) is 25.2. The molecule has 1 saturated heterocycles. The van der Waals surface area contributed by atoms with Gasteiger partial charge >= 0.3 is 0 Å².